The van der Waals surface area contributed by atoms with Gasteiger partial charge in [-0.05, 0) is 36.4 Å². The SMILES string of the molecule is O=C(Cc1c(F)cccc1Cl)NC1(c2cccs2)CCCC1. The van der Waals surface area contributed by atoms with Crippen LogP contribution in [0.4, 0.5) is 4.39 Å². The topological polar surface area (TPSA) is 29.1 Å². The first-order chi connectivity index (χ1) is 10.6. The third-order valence-corrected chi connectivity index (χ3v) is 5.66. The Balaban J connectivity index is 1.78. The minimum Gasteiger partial charge on any atom is -0.345 e. The first-order valence-corrected chi connectivity index (χ1v) is 8.64. The molecule has 1 amide bonds. The zero-order valence-electron chi connectivity index (χ0n) is 12.1. The molecule has 0 saturated heterocycles. The Bertz CT molecular complexity index is 645. The largest absolute Gasteiger partial charge is 0.345 e. The number of hydrogen-bond acceptors (Lipinski definition) is 2. The highest BCUT2D eigenvalue weighted by Crippen LogP contribution is 2.40. The molecule has 1 N–H and O–H groups in total. The molecule has 2 nitrogen and oxygen atoms in total. The number of rotatable bonds is 4. The molecule has 1 aliphatic carbocycles. The van der Waals surface area contributed by atoms with Crippen LogP contribution >= 0.6 is 22.9 Å². The fraction of sp³-hybridized carbons (Fsp3) is 0.353. The lowest BCUT2D eigenvalue weighted by molar-refractivity contribution is -0.122. The van der Waals surface area contributed by atoms with Gasteiger partial charge in [0.15, 0.2) is 0 Å². The summed E-state index contributed by atoms with van der Waals surface area (Å²) in [6.07, 6.45) is 4.03. The minimum atomic E-state index is -0.431. The van der Waals surface area contributed by atoms with E-state index in [2.05, 4.69) is 11.4 Å². The van der Waals surface area contributed by atoms with Gasteiger partial charge in [0.05, 0.1) is 12.0 Å². The molecule has 3 rings (SSSR count). The van der Waals surface area contributed by atoms with Gasteiger partial charge < -0.3 is 5.32 Å². The molecule has 0 bridgehead atoms. The molecule has 0 radical (unpaired) electrons. The first-order valence-electron chi connectivity index (χ1n) is 7.39. The zero-order valence-corrected chi connectivity index (χ0v) is 13.6. The molecule has 5 heteroatoms. The fourth-order valence-corrected chi connectivity index (χ4v) is 4.31. The summed E-state index contributed by atoms with van der Waals surface area (Å²) in [6, 6.07) is 8.55. The standard InChI is InChI=1S/C17H17ClFNOS/c18-13-5-3-6-14(19)12(13)11-16(21)20-17(8-1-2-9-17)15-7-4-10-22-15/h3-7,10H,1-2,8-9,11H2,(H,20,21). The van der Waals surface area contributed by atoms with Gasteiger partial charge in [-0.25, -0.2) is 4.39 Å². The van der Waals surface area contributed by atoms with Crippen LogP contribution in [-0.4, -0.2) is 5.91 Å². The van der Waals surface area contributed by atoms with E-state index in [0.717, 1.165) is 25.7 Å². The molecule has 0 aliphatic heterocycles. The summed E-state index contributed by atoms with van der Waals surface area (Å²) in [7, 11) is 0. The number of carbonyl (C=O) groups is 1. The Hall–Kier alpha value is -1.39. The molecular formula is C17H17ClFNOS. The Morgan fingerprint density at radius 3 is 2.68 bits per heavy atom. The van der Waals surface area contributed by atoms with Gasteiger partial charge in [-0.1, -0.05) is 36.6 Å². The molecule has 0 atom stereocenters. The molecule has 1 fully saturated rings. The van der Waals surface area contributed by atoms with E-state index in [1.54, 1.807) is 23.5 Å². The highest BCUT2D eigenvalue weighted by molar-refractivity contribution is 7.10. The number of hydrogen-bond donors (Lipinski definition) is 1. The van der Waals surface area contributed by atoms with Crippen LogP contribution in [0.1, 0.15) is 36.1 Å². The predicted octanol–water partition coefficient (Wildman–Crippen LogP) is 4.67. The van der Waals surface area contributed by atoms with Crippen LogP contribution in [0.3, 0.4) is 0 Å². The molecule has 1 aliphatic rings. The molecule has 2 aromatic rings. The quantitative estimate of drug-likeness (QED) is 0.863. The van der Waals surface area contributed by atoms with Gasteiger partial charge >= 0.3 is 0 Å². The molecule has 0 unspecified atom stereocenters. The maximum absolute atomic E-state index is 13.8. The lowest BCUT2D eigenvalue weighted by Crippen LogP contribution is -2.44. The van der Waals surface area contributed by atoms with Crippen LogP contribution in [0.2, 0.25) is 5.02 Å². The van der Waals surface area contributed by atoms with Gasteiger partial charge in [0.1, 0.15) is 5.82 Å². The smallest absolute Gasteiger partial charge is 0.225 e. The number of halogens is 2. The van der Waals surface area contributed by atoms with Gasteiger partial charge in [-0.3, -0.25) is 4.79 Å². The number of amides is 1. The van der Waals surface area contributed by atoms with E-state index in [1.165, 1.54) is 10.9 Å². The molecule has 22 heavy (non-hydrogen) atoms. The van der Waals surface area contributed by atoms with Gasteiger partial charge in [-0.15, -0.1) is 11.3 Å². The van der Waals surface area contributed by atoms with Crippen molar-refractivity contribution in [3.63, 3.8) is 0 Å². The van der Waals surface area contributed by atoms with Crippen LogP contribution in [0.15, 0.2) is 35.7 Å². The average molecular weight is 338 g/mol. The molecule has 1 aromatic carbocycles. The van der Waals surface area contributed by atoms with Crippen molar-refractivity contribution in [2.45, 2.75) is 37.6 Å². The fourth-order valence-electron chi connectivity index (χ4n) is 3.14. The number of carbonyl (C=O) groups excluding carboxylic acids is 1. The molecule has 1 saturated carbocycles. The van der Waals surface area contributed by atoms with E-state index in [-0.39, 0.29) is 23.4 Å². The van der Waals surface area contributed by atoms with Gasteiger partial charge in [0.2, 0.25) is 5.91 Å². The molecule has 1 aromatic heterocycles. The van der Waals surface area contributed by atoms with Crippen molar-refractivity contribution < 1.29 is 9.18 Å². The Labute approximate surface area is 138 Å². The van der Waals surface area contributed by atoms with Gasteiger partial charge in [0, 0.05) is 15.5 Å². The third-order valence-electron chi connectivity index (χ3n) is 4.23. The van der Waals surface area contributed by atoms with E-state index in [4.69, 9.17) is 11.6 Å². The Kier molecular flexibility index (Phi) is 4.50. The van der Waals surface area contributed by atoms with Crippen LogP contribution in [0, 0.1) is 5.82 Å². The highest BCUT2D eigenvalue weighted by Gasteiger charge is 2.37. The van der Waals surface area contributed by atoms with E-state index >= 15 is 0 Å². The maximum atomic E-state index is 13.8. The summed E-state index contributed by atoms with van der Waals surface area (Å²) in [5.41, 5.74) is -0.0239. The predicted molar refractivity (Wildman–Crippen MR) is 87.7 cm³/mol. The van der Waals surface area contributed by atoms with E-state index in [9.17, 15) is 9.18 Å². The van der Waals surface area contributed by atoms with E-state index in [1.807, 2.05) is 11.4 Å². The molecular weight excluding hydrogens is 321 g/mol. The second kappa shape index (κ2) is 6.39. The second-order valence-corrected chi connectivity index (χ2v) is 7.05. The number of benzene rings is 1. The molecule has 116 valence electrons. The van der Waals surface area contributed by atoms with Crippen molar-refractivity contribution in [2.24, 2.45) is 0 Å². The van der Waals surface area contributed by atoms with Crippen LogP contribution in [-0.2, 0) is 16.8 Å². The number of thiophene rings is 1. The highest BCUT2D eigenvalue weighted by atomic mass is 35.5. The van der Waals surface area contributed by atoms with Crippen molar-refractivity contribution in [3.8, 4) is 0 Å². The van der Waals surface area contributed by atoms with Crippen molar-refractivity contribution in [3.05, 3.63) is 57.0 Å². The number of nitrogens with one attached hydrogen (secondary N) is 1. The van der Waals surface area contributed by atoms with Crippen LogP contribution < -0.4 is 5.32 Å². The third kappa shape index (κ3) is 3.03. The summed E-state index contributed by atoms with van der Waals surface area (Å²) >= 11 is 7.67. The van der Waals surface area contributed by atoms with Gasteiger partial charge in [0.25, 0.3) is 0 Å². The Morgan fingerprint density at radius 2 is 2.05 bits per heavy atom. The van der Waals surface area contributed by atoms with Crippen molar-refractivity contribution in [1.29, 1.82) is 0 Å². The van der Waals surface area contributed by atoms with Crippen molar-refractivity contribution in [1.82, 2.24) is 5.32 Å². The monoisotopic (exact) mass is 337 g/mol. The van der Waals surface area contributed by atoms with E-state index < -0.39 is 5.82 Å². The lowest BCUT2D eigenvalue weighted by atomic mass is 9.94. The minimum absolute atomic E-state index is 0.0291. The summed E-state index contributed by atoms with van der Waals surface area (Å²) in [5, 5.41) is 5.46. The Morgan fingerprint density at radius 1 is 1.27 bits per heavy atom. The zero-order chi connectivity index (χ0) is 15.6. The van der Waals surface area contributed by atoms with Crippen LogP contribution in [0.25, 0.3) is 0 Å². The first kappa shape index (κ1) is 15.5. The average Bonchev–Trinajstić information content (AvgIpc) is 3.14. The normalized spacial score (nSPS) is 16.6. The molecule has 1 heterocycles. The van der Waals surface area contributed by atoms with Gasteiger partial charge in [-0.2, -0.15) is 0 Å². The maximum Gasteiger partial charge on any atom is 0.225 e. The van der Waals surface area contributed by atoms with Crippen molar-refractivity contribution in [2.75, 3.05) is 0 Å². The lowest BCUT2D eigenvalue weighted by Gasteiger charge is -2.29. The molecule has 0 spiro atoms. The summed E-state index contributed by atoms with van der Waals surface area (Å²) in [4.78, 5) is 13.6. The van der Waals surface area contributed by atoms with E-state index in [0.29, 0.717) is 5.02 Å². The summed E-state index contributed by atoms with van der Waals surface area (Å²) in [5.74, 6) is -0.610. The second-order valence-electron chi connectivity index (χ2n) is 5.69. The summed E-state index contributed by atoms with van der Waals surface area (Å²) in [6.45, 7) is 0. The van der Waals surface area contributed by atoms with Crippen molar-refractivity contribution >= 4 is 28.8 Å². The summed E-state index contributed by atoms with van der Waals surface area (Å²) < 4.78 is 13.8. The van der Waals surface area contributed by atoms with Crippen LogP contribution in [0.5, 0.6) is 0 Å².